The molecule has 84 valence electrons. The zero-order valence-corrected chi connectivity index (χ0v) is 8.64. The van der Waals surface area contributed by atoms with Gasteiger partial charge in [-0.25, -0.2) is 14.1 Å². The number of benzene rings is 1. The number of rotatable bonds is 1. The van der Waals surface area contributed by atoms with Gasteiger partial charge in [0, 0.05) is 6.92 Å². The van der Waals surface area contributed by atoms with Crippen LogP contribution in [0.25, 0.3) is 0 Å². The molecule has 1 atom stereocenters. The average Bonchev–Trinajstić information content (AvgIpc) is 2.61. The molecule has 5 heteroatoms. The maximum Gasteiger partial charge on any atom is 0.417 e. The first-order chi connectivity index (χ1) is 7.59. The summed E-state index contributed by atoms with van der Waals surface area (Å²) in [5.74, 6) is -0.736. The van der Waals surface area contributed by atoms with Gasteiger partial charge in [-0.3, -0.25) is 4.79 Å². The first-order valence-corrected chi connectivity index (χ1v) is 4.81. The first-order valence-electron chi connectivity index (χ1n) is 4.81. The minimum Gasteiger partial charge on any atom is -0.446 e. The Morgan fingerprint density at radius 3 is 2.62 bits per heavy atom. The lowest BCUT2D eigenvalue weighted by Crippen LogP contribution is -2.32. The Morgan fingerprint density at radius 2 is 2.06 bits per heavy atom. The third-order valence-corrected chi connectivity index (χ3v) is 2.47. The van der Waals surface area contributed by atoms with Crippen LogP contribution in [0, 0.1) is 5.82 Å². The Bertz CT molecular complexity index is 429. The molecule has 0 spiro atoms. The van der Waals surface area contributed by atoms with Crippen LogP contribution in [0.2, 0.25) is 0 Å². The smallest absolute Gasteiger partial charge is 0.417 e. The van der Waals surface area contributed by atoms with Crippen LogP contribution in [-0.4, -0.2) is 23.5 Å². The van der Waals surface area contributed by atoms with Crippen LogP contribution in [0.15, 0.2) is 24.3 Å². The van der Waals surface area contributed by atoms with E-state index in [2.05, 4.69) is 0 Å². The van der Waals surface area contributed by atoms with Crippen molar-refractivity contribution in [2.24, 2.45) is 0 Å². The summed E-state index contributed by atoms with van der Waals surface area (Å²) in [5.41, 5.74) is 0.683. The van der Waals surface area contributed by atoms with Gasteiger partial charge in [-0.2, -0.15) is 0 Å². The van der Waals surface area contributed by atoms with E-state index >= 15 is 0 Å². The number of hydrogen-bond donors (Lipinski definition) is 0. The second-order valence-electron chi connectivity index (χ2n) is 3.53. The number of halogens is 1. The lowest BCUT2D eigenvalue weighted by Gasteiger charge is -2.17. The molecule has 1 fully saturated rings. The lowest BCUT2D eigenvalue weighted by atomic mass is 10.1. The molecule has 0 bridgehead atoms. The van der Waals surface area contributed by atoms with Crippen molar-refractivity contribution < 1.29 is 18.7 Å². The van der Waals surface area contributed by atoms with Crippen molar-refractivity contribution in [3.05, 3.63) is 35.6 Å². The van der Waals surface area contributed by atoms with Crippen molar-refractivity contribution in [3.8, 4) is 0 Å². The van der Waals surface area contributed by atoms with E-state index in [1.165, 1.54) is 31.2 Å². The van der Waals surface area contributed by atoms with E-state index in [0.717, 1.165) is 4.90 Å². The molecule has 1 heterocycles. The summed E-state index contributed by atoms with van der Waals surface area (Å²) in [6, 6.07) is 5.20. The van der Waals surface area contributed by atoms with Crippen LogP contribution in [0.5, 0.6) is 0 Å². The number of amides is 2. The Balaban J connectivity index is 2.30. The highest BCUT2D eigenvalue weighted by molar-refractivity contribution is 5.92. The Labute approximate surface area is 91.6 Å². The van der Waals surface area contributed by atoms with E-state index in [-0.39, 0.29) is 18.3 Å². The second-order valence-corrected chi connectivity index (χ2v) is 3.53. The average molecular weight is 223 g/mol. The summed E-state index contributed by atoms with van der Waals surface area (Å²) in [6.45, 7) is 1.41. The third-order valence-electron chi connectivity index (χ3n) is 2.47. The summed E-state index contributed by atoms with van der Waals surface area (Å²) >= 11 is 0. The van der Waals surface area contributed by atoms with Crippen molar-refractivity contribution in [3.63, 3.8) is 0 Å². The number of imide groups is 1. The largest absolute Gasteiger partial charge is 0.446 e. The van der Waals surface area contributed by atoms with E-state index in [1.807, 2.05) is 0 Å². The highest BCUT2D eigenvalue weighted by Crippen LogP contribution is 2.27. The first kappa shape index (κ1) is 10.6. The van der Waals surface area contributed by atoms with Crippen molar-refractivity contribution in [2.45, 2.75) is 13.0 Å². The summed E-state index contributed by atoms with van der Waals surface area (Å²) in [6.07, 6.45) is -0.651. The van der Waals surface area contributed by atoms with Gasteiger partial charge in [0.25, 0.3) is 0 Å². The van der Waals surface area contributed by atoms with Crippen LogP contribution in [0.4, 0.5) is 9.18 Å². The van der Waals surface area contributed by atoms with Gasteiger partial charge in [0.1, 0.15) is 18.5 Å². The number of ether oxygens (including phenoxy) is 1. The van der Waals surface area contributed by atoms with Crippen LogP contribution >= 0.6 is 0 Å². The lowest BCUT2D eigenvalue weighted by molar-refractivity contribution is -0.126. The molecule has 4 nitrogen and oxygen atoms in total. The van der Waals surface area contributed by atoms with E-state index < -0.39 is 12.1 Å². The van der Waals surface area contributed by atoms with Crippen LogP contribution in [0.1, 0.15) is 18.5 Å². The Morgan fingerprint density at radius 1 is 1.44 bits per heavy atom. The molecule has 2 rings (SSSR count). The molecule has 1 aliphatic heterocycles. The molecular formula is C11H10FNO3. The van der Waals surface area contributed by atoms with Gasteiger partial charge in [0.2, 0.25) is 5.91 Å². The summed E-state index contributed by atoms with van der Waals surface area (Å²) in [5, 5.41) is 0. The molecule has 0 N–H and O–H groups in total. The van der Waals surface area contributed by atoms with Gasteiger partial charge in [0.05, 0.1) is 0 Å². The minimum absolute atomic E-state index is 0.115. The van der Waals surface area contributed by atoms with Crippen molar-refractivity contribution in [1.82, 2.24) is 4.90 Å². The van der Waals surface area contributed by atoms with E-state index in [0.29, 0.717) is 5.56 Å². The molecule has 16 heavy (non-hydrogen) atoms. The maximum atomic E-state index is 12.7. The quantitative estimate of drug-likeness (QED) is 0.730. The van der Waals surface area contributed by atoms with Crippen LogP contribution in [-0.2, 0) is 9.53 Å². The number of carbonyl (C=O) groups excluding carboxylic acids is 2. The minimum atomic E-state index is -0.651. The van der Waals surface area contributed by atoms with Gasteiger partial charge in [-0.05, 0) is 17.7 Å². The van der Waals surface area contributed by atoms with E-state index in [1.54, 1.807) is 0 Å². The molecule has 2 amide bonds. The standard InChI is InChI=1S/C11H10FNO3/c1-7(14)13-10(6-16-11(13)15)8-2-4-9(12)5-3-8/h2-5,10H,6H2,1H3. The van der Waals surface area contributed by atoms with Crippen LogP contribution in [0.3, 0.4) is 0 Å². The molecule has 0 saturated carbocycles. The summed E-state index contributed by atoms with van der Waals surface area (Å²) in [4.78, 5) is 23.6. The van der Waals surface area contributed by atoms with Crippen LogP contribution < -0.4 is 0 Å². The number of carbonyl (C=O) groups is 2. The molecule has 0 aliphatic carbocycles. The van der Waals surface area contributed by atoms with Crippen molar-refractivity contribution in [2.75, 3.05) is 6.61 Å². The molecule has 1 unspecified atom stereocenters. The molecule has 1 aromatic carbocycles. The fraction of sp³-hybridized carbons (Fsp3) is 0.273. The number of nitrogens with zero attached hydrogens (tertiary/aromatic N) is 1. The molecular weight excluding hydrogens is 213 g/mol. The topological polar surface area (TPSA) is 46.6 Å². The number of hydrogen-bond acceptors (Lipinski definition) is 3. The SMILES string of the molecule is CC(=O)N1C(=O)OCC1c1ccc(F)cc1. The predicted molar refractivity (Wildman–Crippen MR) is 53.0 cm³/mol. The Hall–Kier alpha value is -1.91. The normalized spacial score (nSPS) is 19.8. The van der Waals surface area contributed by atoms with Crippen molar-refractivity contribution in [1.29, 1.82) is 0 Å². The van der Waals surface area contributed by atoms with Gasteiger partial charge >= 0.3 is 6.09 Å². The monoisotopic (exact) mass is 223 g/mol. The fourth-order valence-electron chi connectivity index (χ4n) is 1.70. The maximum absolute atomic E-state index is 12.7. The molecule has 1 aliphatic rings. The molecule has 0 radical (unpaired) electrons. The zero-order chi connectivity index (χ0) is 11.7. The third kappa shape index (κ3) is 1.76. The van der Waals surface area contributed by atoms with E-state index in [4.69, 9.17) is 4.74 Å². The molecule has 0 aromatic heterocycles. The zero-order valence-electron chi connectivity index (χ0n) is 8.64. The second kappa shape index (κ2) is 3.92. The van der Waals surface area contributed by atoms with E-state index in [9.17, 15) is 14.0 Å². The highest BCUT2D eigenvalue weighted by Gasteiger charge is 2.36. The fourth-order valence-corrected chi connectivity index (χ4v) is 1.70. The molecule has 1 saturated heterocycles. The summed E-state index contributed by atoms with van der Waals surface area (Å²) in [7, 11) is 0. The van der Waals surface area contributed by atoms with Gasteiger partial charge < -0.3 is 4.74 Å². The predicted octanol–water partition coefficient (Wildman–Crippen LogP) is 1.87. The van der Waals surface area contributed by atoms with Gasteiger partial charge in [0.15, 0.2) is 0 Å². The van der Waals surface area contributed by atoms with Gasteiger partial charge in [-0.1, -0.05) is 12.1 Å². The highest BCUT2D eigenvalue weighted by atomic mass is 19.1. The molecule has 1 aromatic rings. The van der Waals surface area contributed by atoms with Crippen molar-refractivity contribution >= 4 is 12.0 Å². The number of cyclic esters (lactones) is 1. The van der Waals surface area contributed by atoms with Gasteiger partial charge in [-0.15, -0.1) is 0 Å². The summed E-state index contributed by atoms with van der Waals surface area (Å²) < 4.78 is 17.5. The Kier molecular flexibility index (Phi) is 2.60.